The number of benzene rings is 2. The highest BCUT2D eigenvalue weighted by Gasteiger charge is 2.04. The Morgan fingerprint density at radius 2 is 1.89 bits per heavy atom. The van der Waals surface area contributed by atoms with Crippen molar-refractivity contribution in [3.05, 3.63) is 62.7 Å². The molecule has 0 saturated carbocycles. The van der Waals surface area contributed by atoms with Gasteiger partial charge in [-0.15, -0.1) is 0 Å². The number of rotatable bonds is 4. The second-order valence-electron chi connectivity index (χ2n) is 4.26. The second kappa shape index (κ2) is 6.34. The molecule has 4 heteroatoms. The van der Waals surface area contributed by atoms with Crippen LogP contribution in [0.1, 0.15) is 16.7 Å². The van der Waals surface area contributed by atoms with E-state index in [1.807, 2.05) is 25.1 Å². The normalized spacial score (nSPS) is 10.2. The van der Waals surface area contributed by atoms with E-state index in [9.17, 15) is 0 Å². The Labute approximate surface area is 132 Å². The number of halogens is 1. The van der Waals surface area contributed by atoms with E-state index in [0.717, 1.165) is 22.4 Å². The van der Waals surface area contributed by atoms with Gasteiger partial charge in [-0.3, -0.25) is 0 Å². The third kappa shape index (κ3) is 3.91. The fourth-order valence-corrected chi connectivity index (χ4v) is 2.14. The summed E-state index contributed by atoms with van der Waals surface area (Å²) < 4.78 is 7.05. The van der Waals surface area contributed by atoms with E-state index in [1.165, 1.54) is 3.57 Å². The van der Waals surface area contributed by atoms with Crippen LogP contribution < -0.4 is 10.5 Å². The van der Waals surface area contributed by atoms with Crippen LogP contribution in [-0.4, -0.2) is 4.99 Å². The predicted octanol–water partition coefficient (Wildman–Crippen LogP) is 3.81. The van der Waals surface area contributed by atoms with E-state index in [0.29, 0.717) is 11.6 Å². The summed E-state index contributed by atoms with van der Waals surface area (Å²) in [5.41, 5.74) is 8.68. The zero-order valence-corrected chi connectivity index (χ0v) is 13.5. The number of ether oxygens (including phenoxy) is 1. The summed E-state index contributed by atoms with van der Waals surface area (Å²) in [6, 6.07) is 14.0. The predicted molar refractivity (Wildman–Crippen MR) is 90.6 cm³/mol. The van der Waals surface area contributed by atoms with Crippen LogP contribution in [0, 0.1) is 10.5 Å². The summed E-state index contributed by atoms with van der Waals surface area (Å²) in [6.07, 6.45) is 0. The Hall–Kier alpha value is -1.14. The zero-order valence-electron chi connectivity index (χ0n) is 10.5. The molecule has 2 nitrogen and oxygen atoms in total. The lowest BCUT2D eigenvalue weighted by Gasteiger charge is -2.11. The van der Waals surface area contributed by atoms with Crippen molar-refractivity contribution in [3.63, 3.8) is 0 Å². The smallest absolute Gasteiger partial charge is 0.123 e. The van der Waals surface area contributed by atoms with Gasteiger partial charge in [0.15, 0.2) is 0 Å². The number of aryl methyl sites for hydroxylation is 1. The monoisotopic (exact) mass is 383 g/mol. The molecule has 19 heavy (non-hydrogen) atoms. The van der Waals surface area contributed by atoms with E-state index in [4.69, 9.17) is 22.7 Å². The zero-order chi connectivity index (χ0) is 13.8. The standard InChI is InChI=1S/C15H14INOS/c1-10-2-5-12(15(17)19)8-14(10)18-9-11-3-6-13(16)7-4-11/h2-8H,9H2,1H3,(H2,17,19). The highest BCUT2D eigenvalue weighted by atomic mass is 127. The number of nitrogens with two attached hydrogens (primary N) is 1. The van der Waals surface area contributed by atoms with E-state index >= 15 is 0 Å². The average molecular weight is 383 g/mol. The fraction of sp³-hybridized carbons (Fsp3) is 0.133. The molecule has 0 fully saturated rings. The molecule has 98 valence electrons. The molecule has 0 heterocycles. The van der Waals surface area contributed by atoms with Crippen LogP contribution in [0.3, 0.4) is 0 Å². The van der Waals surface area contributed by atoms with Crippen LogP contribution in [0.5, 0.6) is 5.75 Å². The molecule has 0 aromatic heterocycles. The van der Waals surface area contributed by atoms with Gasteiger partial charge in [0, 0.05) is 9.13 Å². The maximum absolute atomic E-state index is 5.84. The quantitative estimate of drug-likeness (QED) is 0.644. The van der Waals surface area contributed by atoms with Crippen molar-refractivity contribution < 1.29 is 4.74 Å². The Balaban J connectivity index is 2.12. The van der Waals surface area contributed by atoms with Crippen molar-refractivity contribution in [2.24, 2.45) is 5.73 Å². The molecular weight excluding hydrogens is 369 g/mol. The highest BCUT2D eigenvalue weighted by Crippen LogP contribution is 2.21. The molecule has 0 aliphatic heterocycles. The van der Waals surface area contributed by atoms with E-state index in [1.54, 1.807) is 0 Å². The van der Waals surface area contributed by atoms with Crippen LogP contribution in [-0.2, 0) is 6.61 Å². The van der Waals surface area contributed by atoms with Crippen LogP contribution >= 0.6 is 34.8 Å². The minimum atomic E-state index is 0.388. The molecule has 0 aliphatic rings. The molecule has 2 rings (SSSR count). The topological polar surface area (TPSA) is 35.2 Å². The van der Waals surface area contributed by atoms with E-state index in [-0.39, 0.29) is 0 Å². The molecule has 0 atom stereocenters. The number of hydrogen-bond donors (Lipinski definition) is 1. The summed E-state index contributed by atoms with van der Waals surface area (Å²) in [6.45, 7) is 2.55. The molecule has 2 aromatic carbocycles. The Morgan fingerprint density at radius 1 is 1.21 bits per heavy atom. The third-order valence-corrected chi connectivity index (χ3v) is 3.74. The molecule has 0 aliphatic carbocycles. The first kappa shape index (κ1) is 14.3. The van der Waals surface area contributed by atoms with Gasteiger partial charge in [-0.25, -0.2) is 0 Å². The van der Waals surface area contributed by atoms with Gasteiger partial charge in [0.25, 0.3) is 0 Å². The van der Waals surface area contributed by atoms with Crippen molar-refractivity contribution in [2.45, 2.75) is 13.5 Å². The van der Waals surface area contributed by atoms with Gasteiger partial charge in [0.2, 0.25) is 0 Å². The molecule has 0 saturated heterocycles. The lowest BCUT2D eigenvalue weighted by molar-refractivity contribution is 0.304. The minimum absolute atomic E-state index is 0.388. The fourth-order valence-electron chi connectivity index (χ4n) is 1.65. The van der Waals surface area contributed by atoms with Gasteiger partial charge in [-0.05, 0) is 58.8 Å². The molecule has 0 radical (unpaired) electrons. The van der Waals surface area contributed by atoms with Gasteiger partial charge in [-0.1, -0.05) is 36.5 Å². The minimum Gasteiger partial charge on any atom is -0.489 e. The lowest BCUT2D eigenvalue weighted by atomic mass is 10.1. The van der Waals surface area contributed by atoms with Crippen LogP contribution in [0.2, 0.25) is 0 Å². The molecule has 0 bridgehead atoms. The van der Waals surface area contributed by atoms with Gasteiger partial charge in [0.1, 0.15) is 17.3 Å². The molecule has 0 amide bonds. The number of hydrogen-bond acceptors (Lipinski definition) is 2. The van der Waals surface area contributed by atoms with E-state index in [2.05, 4.69) is 46.9 Å². The summed E-state index contributed by atoms with van der Waals surface area (Å²) >= 11 is 7.26. The molecule has 0 spiro atoms. The largest absolute Gasteiger partial charge is 0.489 e. The average Bonchev–Trinajstić information content (AvgIpc) is 2.39. The summed E-state index contributed by atoms with van der Waals surface area (Å²) in [5.74, 6) is 0.823. The Kier molecular flexibility index (Phi) is 4.76. The molecule has 2 aromatic rings. The maximum atomic E-state index is 5.84. The second-order valence-corrected chi connectivity index (χ2v) is 5.95. The first-order chi connectivity index (χ1) is 9.06. The number of thiocarbonyl (C=S) groups is 1. The van der Waals surface area contributed by atoms with Gasteiger partial charge in [-0.2, -0.15) is 0 Å². The summed E-state index contributed by atoms with van der Waals surface area (Å²) in [5, 5.41) is 0. The van der Waals surface area contributed by atoms with Crippen LogP contribution in [0.25, 0.3) is 0 Å². The van der Waals surface area contributed by atoms with Gasteiger partial charge < -0.3 is 10.5 Å². The van der Waals surface area contributed by atoms with Crippen molar-refractivity contribution >= 4 is 39.8 Å². The SMILES string of the molecule is Cc1ccc(C(N)=S)cc1OCc1ccc(I)cc1. The lowest BCUT2D eigenvalue weighted by Crippen LogP contribution is -2.09. The Bertz CT molecular complexity index is 596. The van der Waals surface area contributed by atoms with Crippen molar-refractivity contribution in [1.82, 2.24) is 0 Å². The molecular formula is C15H14INOS. The third-order valence-electron chi connectivity index (χ3n) is 2.78. The first-order valence-corrected chi connectivity index (χ1v) is 7.32. The van der Waals surface area contributed by atoms with Crippen molar-refractivity contribution in [3.8, 4) is 5.75 Å². The highest BCUT2D eigenvalue weighted by molar-refractivity contribution is 14.1. The molecule has 0 unspecified atom stereocenters. The van der Waals surface area contributed by atoms with Crippen molar-refractivity contribution in [1.29, 1.82) is 0 Å². The maximum Gasteiger partial charge on any atom is 0.123 e. The van der Waals surface area contributed by atoms with Crippen LogP contribution in [0.15, 0.2) is 42.5 Å². The molecule has 2 N–H and O–H groups in total. The summed E-state index contributed by atoms with van der Waals surface area (Å²) in [4.78, 5) is 0.388. The van der Waals surface area contributed by atoms with Gasteiger partial charge in [0.05, 0.1) is 0 Å². The first-order valence-electron chi connectivity index (χ1n) is 5.84. The Morgan fingerprint density at radius 3 is 2.53 bits per heavy atom. The van der Waals surface area contributed by atoms with E-state index < -0.39 is 0 Å². The van der Waals surface area contributed by atoms with Crippen LogP contribution in [0.4, 0.5) is 0 Å². The summed E-state index contributed by atoms with van der Waals surface area (Å²) in [7, 11) is 0. The van der Waals surface area contributed by atoms with Gasteiger partial charge >= 0.3 is 0 Å². The van der Waals surface area contributed by atoms with Crippen molar-refractivity contribution in [2.75, 3.05) is 0 Å².